The smallest absolute Gasteiger partial charge is 0.265 e. The molecule has 0 fully saturated rings. The van der Waals surface area contributed by atoms with Crippen molar-refractivity contribution in [2.75, 3.05) is 4.72 Å². The highest BCUT2D eigenvalue weighted by molar-refractivity contribution is 7.92. The van der Waals surface area contributed by atoms with Crippen molar-refractivity contribution >= 4 is 21.5 Å². The highest BCUT2D eigenvalue weighted by atomic mass is 32.2. The lowest BCUT2D eigenvalue weighted by atomic mass is 10.1. The molecule has 94 valence electrons. The van der Waals surface area contributed by atoms with E-state index in [0.717, 1.165) is 0 Å². The predicted octanol–water partition coefficient (Wildman–Crippen LogP) is 1.41. The molecule has 1 aromatic heterocycles. The molecule has 0 radical (unpaired) electrons. The lowest BCUT2D eigenvalue weighted by Gasteiger charge is -2.06. The van der Waals surface area contributed by atoms with Crippen LogP contribution in [0.2, 0.25) is 0 Å². The van der Waals surface area contributed by atoms with Gasteiger partial charge in [0.05, 0.1) is 6.20 Å². The Balaban J connectivity index is 2.30. The van der Waals surface area contributed by atoms with Crippen molar-refractivity contribution in [1.29, 1.82) is 0 Å². The van der Waals surface area contributed by atoms with Gasteiger partial charge in [-0.2, -0.15) is 5.10 Å². The molecule has 0 amide bonds. The van der Waals surface area contributed by atoms with Gasteiger partial charge in [0.1, 0.15) is 4.90 Å². The van der Waals surface area contributed by atoms with E-state index in [9.17, 15) is 13.2 Å². The zero-order chi connectivity index (χ0) is 13.2. The van der Waals surface area contributed by atoms with E-state index in [4.69, 9.17) is 0 Å². The second kappa shape index (κ2) is 4.61. The fourth-order valence-corrected chi connectivity index (χ4v) is 2.36. The molecule has 7 heteroatoms. The molecule has 0 spiro atoms. The molecule has 18 heavy (non-hydrogen) atoms. The molecular formula is C11H11N3O3S. The van der Waals surface area contributed by atoms with Crippen molar-refractivity contribution in [1.82, 2.24) is 10.2 Å². The normalized spacial score (nSPS) is 11.2. The molecule has 1 heterocycles. The van der Waals surface area contributed by atoms with Crippen molar-refractivity contribution in [2.45, 2.75) is 11.8 Å². The Bertz CT molecular complexity index is 663. The monoisotopic (exact) mass is 265 g/mol. The summed E-state index contributed by atoms with van der Waals surface area (Å²) in [5.74, 6) is -0.126. The Labute approximate surface area is 104 Å². The molecule has 2 aromatic rings. The van der Waals surface area contributed by atoms with Crippen molar-refractivity contribution in [3.05, 3.63) is 42.2 Å². The van der Waals surface area contributed by atoms with Gasteiger partial charge in [-0.05, 0) is 19.1 Å². The van der Waals surface area contributed by atoms with Crippen LogP contribution in [-0.2, 0) is 10.0 Å². The summed E-state index contributed by atoms with van der Waals surface area (Å²) in [5, 5.41) is 6.01. The van der Waals surface area contributed by atoms with Gasteiger partial charge in [0, 0.05) is 17.4 Å². The van der Waals surface area contributed by atoms with Gasteiger partial charge < -0.3 is 0 Å². The van der Waals surface area contributed by atoms with Crippen molar-refractivity contribution < 1.29 is 13.2 Å². The molecular weight excluding hydrogens is 254 g/mol. The highest BCUT2D eigenvalue weighted by Gasteiger charge is 2.15. The number of Topliss-reactive ketones (excluding diaryl/α,β-unsaturated/α-hetero) is 1. The topological polar surface area (TPSA) is 91.9 Å². The molecule has 2 N–H and O–H groups in total. The second-order valence-corrected chi connectivity index (χ2v) is 5.36. The summed E-state index contributed by atoms with van der Waals surface area (Å²) >= 11 is 0. The minimum atomic E-state index is -3.67. The van der Waals surface area contributed by atoms with Crippen LogP contribution in [0.5, 0.6) is 0 Å². The van der Waals surface area contributed by atoms with Crippen molar-refractivity contribution in [3.63, 3.8) is 0 Å². The van der Waals surface area contributed by atoms with E-state index >= 15 is 0 Å². The van der Waals surface area contributed by atoms with Gasteiger partial charge in [0.25, 0.3) is 10.0 Å². The molecule has 0 saturated heterocycles. The summed E-state index contributed by atoms with van der Waals surface area (Å²) < 4.78 is 26.2. The lowest BCUT2D eigenvalue weighted by Crippen LogP contribution is -2.12. The molecule has 0 bridgehead atoms. The molecule has 0 atom stereocenters. The third-order valence-corrected chi connectivity index (χ3v) is 3.65. The van der Waals surface area contributed by atoms with Crippen LogP contribution in [0.4, 0.5) is 5.69 Å². The molecule has 0 saturated carbocycles. The van der Waals surface area contributed by atoms with E-state index < -0.39 is 10.0 Å². The van der Waals surface area contributed by atoms with Crippen molar-refractivity contribution in [2.24, 2.45) is 0 Å². The van der Waals surface area contributed by atoms with Crippen LogP contribution in [-0.4, -0.2) is 24.4 Å². The maximum atomic E-state index is 11.9. The third-order valence-electron chi connectivity index (χ3n) is 2.30. The molecule has 0 aliphatic carbocycles. The van der Waals surface area contributed by atoms with E-state index in [1.165, 1.54) is 25.4 Å². The maximum absolute atomic E-state index is 11.9. The number of H-pyrrole nitrogens is 1. The number of rotatable bonds is 4. The van der Waals surface area contributed by atoms with Crippen LogP contribution < -0.4 is 4.72 Å². The van der Waals surface area contributed by atoms with E-state index in [2.05, 4.69) is 14.9 Å². The van der Waals surface area contributed by atoms with E-state index in [1.54, 1.807) is 18.2 Å². The van der Waals surface area contributed by atoms with Gasteiger partial charge in [-0.15, -0.1) is 0 Å². The molecule has 6 nitrogen and oxygen atoms in total. The third kappa shape index (κ3) is 2.57. The minimum absolute atomic E-state index is 0.0377. The van der Waals surface area contributed by atoms with Gasteiger partial charge in [-0.1, -0.05) is 12.1 Å². The van der Waals surface area contributed by atoms with Crippen LogP contribution in [0, 0.1) is 0 Å². The number of ketones is 1. The standard InChI is InChI=1S/C11H11N3O3S/c1-8(15)9-3-2-4-10(5-9)14-18(16,17)11-6-12-13-7-11/h2-7,14H,1H3,(H,12,13). The number of carbonyl (C=O) groups excluding carboxylic acids is 1. The largest absolute Gasteiger partial charge is 0.295 e. The SMILES string of the molecule is CC(=O)c1cccc(NS(=O)(=O)c2cn[nH]c2)c1. The Morgan fingerprint density at radius 1 is 1.39 bits per heavy atom. The zero-order valence-electron chi connectivity index (χ0n) is 9.54. The van der Waals surface area contributed by atoms with Crippen LogP contribution in [0.1, 0.15) is 17.3 Å². The summed E-state index contributed by atoms with van der Waals surface area (Å²) in [4.78, 5) is 11.2. The van der Waals surface area contributed by atoms with E-state index in [1.807, 2.05) is 0 Å². The van der Waals surface area contributed by atoms with Gasteiger partial charge >= 0.3 is 0 Å². The summed E-state index contributed by atoms with van der Waals surface area (Å²) in [7, 11) is -3.67. The Morgan fingerprint density at radius 3 is 2.78 bits per heavy atom. The molecule has 1 aromatic carbocycles. The van der Waals surface area contributed by atoms with E-state index in [0.29, 0.717) is 11.3 Å². The van der Waals surface area contributed by atoms with Crippen LogP contribution in [0.25, 0.3) is 0 Å². The Morgan fingerprint density at radius 2 is 2.17 bits per heavy atom. The number of nitrogens with one attached hydrogen (secondary N) is 2. The average Bonchev–Trinajstić information content (AvgIpc) is 2.82. The van der Waals surface area contributed by atoms with Crippen LogP contribution >= 0.6 is 0 Å². The first kappa shape index (κ1) is 12.3. The molecule has 0 aliphatic heterocycles. The average molecular weight is 265 g/mol. The van der Waals surface area contributed by atoms with Gasteiger partial charge in [0.2, 0.25) is 0 Å². The lowest BCUT2D eigenvalue weighted by molar-refractivity contribution is 0.101. The molecule has 0 aliphatic rings. The number of hydrogen-bond donors (Lipinski definition) is 2. The second-order valence-electron chi connectivity index (χ2n) is 3.68. The predicted molar refractivity (Wildman–Crippen MR) is 65.8 cm³/mol. The maximum Gasteiger partial charge on any atom is 0.265 e. The van der Waals surface area contributed by atoms with Gasteiger partial charge in [-0.3, -0.25) is 14.6 Å². The summed E-state index contributed by atoms with van der Waals surface area (Å²) in [6, 6.07) is 6.30. The first-order valence-electron chi connectivity index (χ1n) is 5.11. The van der Waals surface area contributed by atoms with Crippen LogP contribution in [0.3, 0.4) is 0 Å². The summed E-state index contributed by atoms with van der Waals surface area (Å²) in [6.07, 6.45) is 2.48. The van der Waals surface area contributed by atoms with E-state index in [-0.39, 0.29) is 10.7 Å². The number of hydrogen-bond acceptors (Lipinski definition) is 4. The number of carbonyl (C=O) groups is 1. The first-order valence-corrected chi connectivity index (χ1v) is 6.60. The Hall–Kier alpha value is -2.15. The number of nitrogens with zero attached hydrogens (tertiary/aromatic N) is 1. The van der Waals surface area contributed by atoms with Crippen LogP contribution in [0.15, 0.2) is 41.6 Å². The summed E-state index contributed by atoms with van der Waals surface area (Å²) in [5.41, 5.74) is 0.784. The number of benzene rings is 1. The fraction of sp³-hybridized carbons (Fsp3) is 0.0909. The van der Waals surface area contributed by atoms with Crippen molar-refractivity contribution in [3.8, 4) is 0 Å². The quantitative estimate of drug-likeness (QED) is 0.817. The molecule has 0 unspecified atom stereocenters. The minimum Gasteiger partial charge on any atom is -0.295 e. The zero-order valence-corrected chi connectivity index (χ0v) is 10.4. The van der Waals surface area contributed by atoms with Gasteiger partial charge in [-0.25, -0.2) is 8.42 Å². The fourth-order valence-electron chi connectivity index (χ4n) is 1.40. The number of aromatic amines is 1. The number of sulfonamides is 1. The van der Waals surface area contributed by atoms with Gasteiger partial charge in [0.15, 0.2) is 5.78 Å². The summed E-state index contributed by atoms with van der Waals surface area (Å²) in [6.45, 7) is 1.42. The number of anilines is 1. The molecule has 2 rings (SSSR count). The first-order chi connectivity index (χ1) is 8.49. The number of aromatic nitrogens is 2. The highest BCUT2D eigenvalue weighted by Crippen LogP contribution is 2.16. The Kier molecular flexibility index (Phi) is 3.15.